The van der Waals surface area contributed by atoms with Crippen LogP contribution in [0.5, 0.6) is 0 Å². The lowest BCUT2D eigenvalue weighted by molar-refractivity contribution is 0.293. The smallest absolute Gasteiger partial charge is 0.193 e. The first-order valence-electron chi connectivity index (χ1n) is 9.38. The van der Waals surface area contributed by atoms with Crippen molar-refractivity contribution in [2.45, 2.75) is 50.2 Å². The summed E-state index contributed by atoms with van der Waals surface area (Å²) in [6.45, 7) is 6.16. The lowest BCUT2D eigenvalue weighted by Gasteiger charge is -2.45. The third-order valence-electron chi connectivity index (χ3n) is 5.00. The van der Waals surface area contributed by atoms with E-state index in [9.17, 15) is 0 Å². The molecule has 1 aliphatic carbocycles. The Morgan fingerprint density at radius 3 is 2.88 bits per heavy atom. The van der Waals surface area contributed by atoms with Gasteiger partial charge < -0.3 is 10.2 Å². The molecule has 0 aromatic carbocycles. The van der Waals surface area contributed by atoms with E-state index >= 15 is 0 Å². The molecule has 1 aromatic rings. The highest BCUT2D eigenvalue weighted by Gasteiger charge is 2.38. The summed E-state index contributed by atoms with van der Waals surface area (Å²) >= 11 is 2.21. The lowest BCUT2D eigenvalue weighted by atomic mass is 9.87. The molecule has 25 heavy (non-hydrogen) atoms. The van der Waals surface area contributed by atoms with Gasteiger partial charge in [0.15, 0.2) is 5.96 Å². The maximum Gasteiger partial charge on any atom is 0.193 e. The van der Waals surface area contributed by atoms with E-state index in [4.69, 9.17) is 4.99 Å². The monoisotopic (exact) mass is 474 g/mol. The Labute approximate surface area is 173 Å². The molecule has 2 fully saturated rings. The highest BCUT2D eigenvalue weighted by Crippen LogP contribution is 2.42. The maximum absolute atomic E-state index is 4.89. The van der Waals surface area contributed by atoms with Crippen molar-refractivity contribution in [1.29, 1.82) is 0 Å². The second-order valence-electron chi connectivity index (χ2n) is 6.82. The van der Waals surface area contributed by atoms with Crippen molar-refractivity contribution in [1.82, 2.24) is 15.2 Å². The number of aromatic nitrogens is 1. The van der Waals surface area contributed by atoms with E-state index in [2.05, 4.69) is 40.0 Å². The Morgan fingerprint density at radius 1 is 1.32 bits per heavy atom. The van der Waals surface area contributed by atoms with Crippen molar-refractivity contribution in [2.24, 2.45) is 4.99 Å². The molecule has 6 heteroatoms. The molecule has 1 aromatic heterocycles. The average Bonchev–Trinajstić information content (AvgIpc) is 2.63. The zero-order chi connectivity index (χ0) is 16.7. The second kappa shape index (κ2) is 10.6. The van der Waals surface area contributed by atoms with E-state index < -0.39 is 0 Å². The molecule has 2 aliphatic rings. The van der Waals surface area contributed by atoms with E-state index in [0.29, 0.717) is 4.75 Å². The number of thioether (sulfide) groups is 1. The maximum atomic E-state index is 4.89. The minimum atomic E-state index is 0. The third kappa shape index (κ3) is 6.01. The summed E-state index contributed by atoms with van der Waals surface area (Å²) in [5, 5.41) is 3.51. The highest BCUT2D eigenvalue weighted by molar-refractivity contribution is 14.0. The van der Waals surface area contributed by atoms with Crippen molar-refractivity contribution in [3.05, 3.63) is 30.1 Å². The topological polar surface area (TPSA) is 40.5 Å². The molecule has 1 spiro atoms. The highest BCUT2D eigenvalue weighted by atomic mass is 127. The number of rotatable bonds is 4. The summed E-state index contributed by atoms with van der Waals surface area (Å²) in [7, 11) is 0. The van der Waals surface area contributed by atoms with Crippen LogP contribution in [0.25, 0.3) is 0 Å². The average molecular weight is 474 g/mol. The molecular formula is C19H31IN4S. The SMILES string of the molecule is CCNC(=NCCc1ccccn1)N1CCSC2(CCCCC2)C1.I. The standard InChI is InChI=1S/C19H30N4S.HI/c1-2-20-18(22-13-9-17-8-4-7-12-21-17)23-14-15-24-19(16-23)10-5-3-6-11-19;/h4,7-8,12H,2-3,5-6,9-11,13-16H2,1H3,(H,20,22);1H. The fourth-order valence-electron chi connectivity index (χ4n) is 3.77. The van der Waals surface area contributed by atoms with Crippen LogP contribution in [0.4, 0.5) is 0 Å². The van der Waals surface area contributed by atoms with Gasteiger partial charge in [0.05, 0.1) is 0 Å². The van der Waals surface area contributed by atoms with Crippen LogP contribution in [0, 0.1) is 0 Å². The van der Waals surface area contributed by atoms with Gasteiger partial charge in [-0.2, -0.15) is 11.8 Å². The van der Waals surface area contributed by atoms with Gasteiger partial charge in [0.25, 0.3) is 0 Å². The van der Waals surface area contributed by atoms with Crippen LogP contribution in [0.1, 0.15) is 44.7 Å². The Morgan fingerprint density at radius 2 is 2.16 bits per heavy atom. The quantitative estimate of drug-likeness (QED) is 0.408. The minimum absolute atomic E-state index is 0. The van der Waals surface area contributed by atoms with Gasteiger partial charge in [0.2, 0.25) is 0 Å². The number of guanidine groups is 1. The number of nitrogens with zero attached hydrogens (tertiary/aromatic N) is 3. The first kappa shape index (κ1) is 20.8. The normalized spacial score (nSPS) is 20.2. The second-order valence-corrected chi connectivity index (χ2v) is 8.38. The number of halogens is 1. The van der Waals surface area contributed by atoms with Crippen LogP contribution in [0.3, 0.4) is 0 Å². The van der Waals surface area contributed by atoms with Crippen LogP contribution in [0.2, 0.25) is 0 Å². The molecule has 3 rings (SSSR count). The summed E-state index contributed by atoms with van der Waals surface area (Å²) < 4.78 is 0.480. The molecule has 1 saturated carbocycles. The number of hydrogen-bond donors (Lipinski definition) is 1. The van der Waals surface area contributed by atoms with Crippen molar-refractivity contribution in [3.8, 4) is 0 Å². The Bertz CT molecular complexity index is 526. The molecule has 140 valence electrons. The predicted octanol–water partition coefficient (Wildman–Crippen LogP) is 3.96. The first-order chi connectivity index (χ1) is 11.8. The van der Waals surface area contributed by atoms with E-state index in [0.717, 1.165) is 44.3 Å². The number of hydrogen-bond acceptors (Lipinski definition) is 3. The largest absolute Gasteiger partial charge is 0.357 e. The fraction of sp³-hybridized carbons (Fsp3) is 0.684. The van der Waals surface area contributed by atoms with Crippen LogP contribution < -0.4 is 5.32 Å². The van der Waals surface area contributed by atoms with Crippen LogP contribution in [-0.2, 0) is 6.42 Å². The summed E-state index contributed by atoms with van der Waals surface area (Å²) in [5.41, 5.74) is 1.12. The summed E-state index contributed by atoms with van der Waals surface area (Å²) in [4.78, 5) is 11.8. The van der Waals surface area contributed by atoms with Gasteiger partial charge in [-0.1, -0.05) is 25.3 Å². The molecule has 1 aliphatic heterocycles. The summed E-state index contributed by atoms with van der Waals surface area (Å²) in [6.07, 6.45) is 9.73. The van der Waals surface area contributed by atoms with E-state index in [1.54, 1.807) is 0 Å². The van der Waals surface area contributed by atoms with Crippen molar-refractivity contribution < 1.29 is 0 Å². The molecule has 0 radical (unpaired) electrons. The molecule has 0 bridgehead atoms. The van der Waals surface area contributed by atoms with Gasteiger partial charge >= 0.3 is 0 Å². The molecule has 1 N–H and O–H groups in total. The third-order valence-corrected chi connectivity index (χ3v) is 6.54. The van der Waals surface area contributed by atoms with E-state index in [1.165, 1.54) is 37.9 Å². The minimum Gasteiger partial charge on any atom is -0.357 e. The first-order valence-corrected chi connectivity index (χ1v) is 10.4. The van der Waals surface area contributed by atoms with Gasteiger partial charge in [-0.05, 0) is 31.9 Å². The molecular weight excluding hydrogens is 443 g/mol. The van der Waals surface area contributed by atoms with Gasteiger partial charge in [-0.15, -0.1) is 24.0 Å². The molecule has 0 atom stereocenters. The molecule has 2 heterocycles. The predicted molar refractivity (Wildman–Crippen MR) is 119 cm³/mol. The molecule has 0 amide bonds. The zero-order valence-corrected chi connectivity index (χ0v) is 18.4. The molecule has 1 saturated heterocycles. The molecule has 4 nitrogen and oxygen atoms in total. The van der Waals surface area contributed by atoms with Gasteiger partial charge in [0, 0.05) is 55.0 Å². The Hall–Kier alpha value is -0.500. The fourth-order valence-corrected chi connectivity index (χ4v) is 5.34. The number of pyridine rings is 1. The van der Waals surface area contributed by atoms with Crippen molar-refractivity contribution >= 4 is 41.7 Å². The molecule has 0 unspecified atom stereocenters. The van der Waals surface area contributed by atoms with E-state index in [1.807, 2.05) is 18.3 Å². The van der Waals surface area contributed by atoms with Gasteiger partial charge in [-0.3, -0.25) is 9.98 Å². The summed E-state index contributed by atoms with van der Waals surface area (Å²) in [6, 6.07) is 6.09. The van der Waals surface area contributed by atoms with Crippen LogP contribution in [-0.4, -0.2) is 52.5 Å². The van der Waals surface area contributed by atoms with Crippen LogP contribution >= 0.6 is 35.7 Å². The van der Waals surface area contributed by atoms with E-state index in [-0.39, 0.29) is 24.0 Å². The lowest BCUT2D eigenvalue weighted by Crippen LogP contribution is -2.53. The van der Waals surface area contributed by atoms with Crippen molar-refractivity contribution in [3.63, 3.8) is 0 Å². The Balaban J connectivity index is 0.00000225. The van der Waals surface area contributed by atoms with Crippen LogP contribution in [0.15, 0.2) is 29.4 Å². The zero-order valence-electron chi connectivity index (χ0n) is 15.2. The number of aliphatic imine (C=N–C) groups is 1. The summed E-state index contributed by atoms with van der Waals surface area (Å²) in [5.74, 6) is 2.32. The van der Waals surface area contributed by atoms with Crippen molar-refractivity contribution in [2.75, 3.05) is 31.9 Å². The Kier molecular flexibility index (Phi) is 8.82. The van der Waals surface area contributed by atoms with Gasteiger partial charge in [-0.25, -0.2) is 0 Å². The number of nitrogens with one attached hydrogen (secondary N) is 1. The van der Waals surface area contributed by atoms with Gasteiger partial charge in [0.1, 0.15) is 0 Å².